The van der Waals surface area contributed by atoms with Crippen molar-refractivity contribution in [3.8, 4) is 11.8 Å². The smallest absolute Gasteiger partial charge is 0.300 e. The van der Waals surface area contributed by atoms with Crippen molar-refractivity contribution in [2.45, 2.75) is 26.8 Å². The van der Waals surface area contributed by atoms with Gasteiger partial charge < -0.3 is 9.84 Å². The Morgan fingerprint density at radius 1 is 1.08 bits per heavy atom. The van der Waals surface area contributed by atoms with Crippen LogP contribution in [0, 0.1) is 30.0 Å². The van der Waals surface area contributed by atoms with Gasteiger partial charge in [0.1, 0.15) is 17.3 Å². The van der Waals surface area contributed by atoms with Gasteiger partial charge in [-0.2, -0.15) is 5.26 Å². The lowest BCUT2D eigenvalue weighted by Gasteiger charge is -2.25. The molecule has 7 heteroatoms. The fourth-order valence-corrected chi connectivity index (χ4v) is 4.13. The van der Waals surface area contributed by atoms with Crippen LogP contribution < -0.4 is 9.64 Å². The molecule has 1 aliphatic rings. The van der Waals surface area contributed by atoms with Gasteiger partial charge in [0.2, 0.25) is 0 Å². The summed E-state index contributed by atoms with van der Waals surface area (Å²) in [6, 6.07) is 17.7. The molecular weight excluding hydrogens is 459 g/mol. The average Bonchev–Trinajstić information content (AvgIpc) is 3.13. The number of hydrogen-bond acceptors (Lipinski definition) is 5. The molecule has 36 heavy (non-hydrogen) atoms. The van der Waals surface area contributed by atoms with Crippen LogP contribution in [0.3, 0.4) is 0 Å². The number of amides is 1. The van der Waals surface area contributed by atoms with Gasteiger partial charge in [0, 0.05) is 11.3 Å². The minimum Gasteiger partial charge on any atom is -0.507 e. The maximum atomic E-state index is 13.7. The van der Waals surface area contributed by atoms with Crippen LogP contribution in [0.1, 0.15) is 42.1 Å². The van der Waals surface area contributed by atoms with Gasteiger partial charge in [-0.25, -0.2) is 4.39 Å². The van der Waals surface area contributed by atoms with E-state index in [0.29, 0.717) is 40.7 Å². The Bertz CT molecular complexity index is 1390. The Balaban J connectivity index is 1.84. The normalized spacial score (nSPS) is 16.9. The molecule has 0 saturated carbocycles. The minimum absolute atomic E-state index is 0.105. The molecule has 0 aromatic heterocycles. The highest BCUT2D eigenvalue weighted by atomic mass is 19.1. The average molecular weight is 485 g/mol. The monoisotopic (exact) mass is 484 g/mol. The van der Waals surface area contributed by atoms with Crippen LogP contribution in [-0.4, -0.2) is 23.4 Å². The standard InChI is InChI=1S/C29H25FN2O4/c1-17(2)16-36-24-13-8-21(14-18(24)3)27(33)25-26(20-6-9-22(30)10-7-20)32(29(35)28(25)34)23-11-4-19(15-31)5-12-23/h4-14,17,26,33H,16H2,1-3H3/b27-25-. The molecule has 4 rings (SSSR count). The molecular formula is C29H25FN2O4. The molecule has 1 heterocycles. The number of carbonyl (C=O) groups is 2. The fraction of sp³-hybridized carbons (Fsp3) is 0.207. The third-order valence-electron chi connectivity index (χ3n) is 5.93. The van der Waals surface area contributed by atoms with Gasteiger partial charge in [-0.1, -0.05) is 26.0 Å². The summed E-state index contributed by atoms with van der Waals surface area (Å²) in [6.07, 6.45) is 0. The Hall–Kier alpha value is -4.44. The highest BCUT2D eigenvalue weighted by Gasteiger charge is 2.47. The number of rotatable bonds is 6. The lowest BCUT2D eigenvalue weighted by atomic mass is 9.94. The van der Waals surface area contributed by atoms with Crippen molar-refractivity contribution in [1.29, 1.82) is 5.26 Å². The third-order valence-corrected chi connectivity index (χ3v) is 5.93. The van der Waals surface area contributed by atoms with Crippen LogP contribution in [0.5, 0.6) is 5.75 Å². The Kier molecular flexibility index (Phi) is 6.89. The highest BCUT2D eigenvalue weighted by molar-refractivity contribution is 6.51. The van der Waals surface area contributed by atoms with E-state index >= 15 is 0 Å². The molecule has 0 bridgehead atoms. The maximum absolute atomic E-state index is 13.7. The molecule has 3 aromatic rings. The van der Waals surface area contributed by atoms with E-state index in [1.165, 1.54) is 41.3 Å². The predicted octanol–water partition coefficient (Wildman–Crippen LogP) is 5.67. The van der Waals surface area contributed by atoms with Crippen molar-refractivity contribution in [3.05, 3.63) is 100 Å². The summed E-state index contributed by atoms with van der Waals surface area (Å²) in [6.45, 7) is 6.45. The lowest BCUT2D eigenvalue weighted by molar-refractivity contribution is -0.132. The molecule has 1 atom stereocenters. The van der Waals surface area contributed by atoms with E-state index in [2.05, 4.69) is 0 Å². The first-order chi connectivity index (χ1) is 17.2. The Labute approximate surface area is 208 Å². The van der Waals surface area contributed by atoms with E-state index in [1.54, 1.807) is 30.3 Å². The number of carbonyl (C=O) groups excluding carboxylic acids is 2. The highest BCUT2D eigenvalue weighted by Crippen LogP contribution is 2.42. The summed E-state index contributed by atoms with van der Waals surface area (Å²) >= 11 is 0. The van der Waals surface area contributed by atoms with E-state index in [1.807, 2.05) is 26.8 Å². The number of Topliss-reactive ketones (excluding diaryl/α,β-unsaturated/α-hetero) is 1. The van der Waals surface area contributed by atoms with Gasteiger partial charge in [0.05, 0.1) is 29.9 Å². The maximum Gasteiger partial charge on any atom is 0.300 e. The molecule has 1 saturated heterocycles. The summed E-state index contributed by atoms with van der Waals surface area (Å²) in [7, 11) is 0. The van der Waals surface area contributed by atoms with Crippen molar-refractivity contribution in [2.75, 3.05) is 11.5 Å². The second-order valence-electron chi connectivity index (χ2n) is 9.06. The van der Waals surface area contributed by atoms with Gasteiger partial charge in [0.25, 0.3) is 11.7 Å². The van der Waals surface area contributed by atoms with Crippen molar-refractivity contribution < 1.29 is 23.8 Å². The number of aliphatic hydroxyl groups excluding tert-OH is 1. The number of nitrogens with zero attached hydrogens (tertiary/aromatic N) is 2. The van der Waals surface area contributed by atoms with E-state index in [4.69, 9.17) is 10.00 Å². The molecule has 182 valence electrons. The zero-order chi connectivity index (χ0) is 26.0. The van der Waals surface area contributed by atoms with Crippen molar-refractivity contribution in [2.24, 2.45) is 5.92 Å². The van der Waals surface area contributed by atoms with Crippen molar-refractivity contribution >= 4 is 23.1 Å². The zero-order valence-electron chi connectivity index (χ0n) is 20.2. The van der Waals surface area contributed by atoms with Gasteiger partial charge in [-0.05, 0) is 78.6 Å². The summed E-state index contributed by atoms with van der Waals surface area (Å²) in [5.74, 6) is -1.49. The number of ketones is 1. The molecule has 0 radical (unpaired) electrons. The zero-order valence-corrected chi connectivity index (χ0v) is 20.2. The fourth-order valence-electron chi connectivity index (χ4n) is 4.13. The van der Waals surface area contributed by atoms with Crippen LogP contribution in [0.4, 0.5) is 10.1 Å². The number of hydrogen-bond donors (Lipinski definition) is 1. The molecule has 0 spiro atoms. The van der Waals surface area contributed by atoms with Crippen LogP contribution in [0.25, 0.3) is 5.76 Å². The molecule has 1 fully saturated rings. The van der Waals surface area contributed by atoms with E-state index < -0.39 is 23.5 Å². The number of aryl methyl sites for hydroxylation is 1. The van der Waals surface area contributed by atoms with Gasteiger partial charge in [0.15, 0.2) is 0 Å². The molecule has 1 amide bonds. The molecule has 6 nitrogen and oxygen atoms in total. The molecule has 1 aliphatic heterocycles. The summed E-state index contributed by atoms with van der Waals surface area (Å²) in [5, 5.41) is 20.4. The Morgan fingerprint density at radius 3 is 2.33 bits per heavy atom. The van der Waals surface area contributed by atoms with Crippen LogP contribution in [0.15, 0.2) is 72.3 Å². The second-order valence-corrected chi connectivity index (χ2v) is 9.06. The number of anilines is 1. The third kappa shape index (κ3) is 4.71. The molecule has 3 aromatic carbocycles. The van der Waals surface area contributed by atoms with Crippen molar-refractivity contribution in [1.82, 2.24) is 0 Å². The lowest BCUT2D eigenvalue weighted by Crippen LogP contribution is -2.29. The van der Waals surface area contributed by atoms with Crippen LogP contribution >= 0.6 is 0 Å². The predicted molar refractivity (Wildman–Crippen MR) is 134 cm³/mol. The topological polar surface area (TPSA) is 90.6 Å². The first kappa shape index (κ1) is 24.7. The number of halogens is 1. The number of nitriles is 1. The number of aliphatic hydroxyl groups is 1. The molecule has 0 aliphatic carbocycles. The minimum atomic E-state index is -0.990. The van der Waals surface area contributed by atoms with E-state index in [0.717, 1.165) is 5.56 Å². The van der Waals surface area contributed by atoms with Crippen molar-refractivity contribution in [3.63, 3.8) is 0 Å². The first-order valence-electron chi connectivity index (χ1n) is 11.5. The number of benzene rings is 3. The largest absolute Gasteiger partial charge is 0.507 e. The van der Waals surface area contributed by atoms with Gasteiger partial charge in [-0.3, -0.25) is 14.5 Å². The summed E-state index contributed by atoms with van der Waals surface area (Å²) in [4.78, 5) is 27.7. The Morgan fingerprint density at radius 2 is 1.75 bits per heavy atom. The number of ether oxygens (including phenoxy) is 1. The molecule has 1 unspecified atom stereocenters. The van der Waals surface area contributed by atoms with Crippen LogP contribution in [-0.2, 0) is 9.59 Å². The van der Waals surface area contributed by atoms with E-state index in [-0.39, 0.29) is 11.3 Å². The van der Waals surface area contributed by atoms with Crippen LogP contribution in [0.2, 0.25) is 0 Å². The summed E-state index contributed by atoms with van der Waals surface area (Å²) < 4.78 is 19.5. The molecule has 1 N–H and O–H groups in total. The second kappa shape index (κ2) is 10.0. The quantitative estimate of drug-likeness (QED) is 0.277. The van der Waals surface area contributed by atoms with Gasteiger partial charge in [-0.15, -0.1) is 0 Å². The van der Waals surface area contributed by atoms with Gasteiger partial charge >= 0.3 is 0 Å². The summed E-state index contributed by atoms with van der Waals surface area (Å²) in [5.41, 5.74) is 2.23. The SMILES string of the molecule is Cc1cc(/C(O)=C2/C(=O)C(=O)N(c3ccc(C#N)cc3)C2c2ccc(F)cc2)ccc1OCC(C)C. The van der Waals surface area contributed by atoms with E-state index in [9.17, 15) is 19.1 Å². The first-order valence-corrected chi connectivity index (χ1v) is 11.5.